The Labute approximate surface area is 98.3 Å². The van der Waals surface area contributed by atoms with Crippen molar-refractivity contribution in [1.29, 1.82) is 0 Å². The summed E-state index contributed by atoms with van der Waals surface area (Å²) in [5, 5.41) is 4.08. The van der Waals surface area contributed by atoms with Crippen LogP contribution in [0.5, 0.6) is 0 Å². The van der Waals surface area contributed by atoms with E-state index >= 15 is 0 Å². The average molecular weight is 219 g/mol. The highest BCUT2D eigenvalue weighted by Crippen LogP contribution is 2.15. The summed E-state index contributed by atoms with van der Waals surface area (Å²) in [6.07, 6.45) is 0.989. The highest BCUT2D eigenvalue weighted by atomic mass is 16.6. The highest BCUT2D eigenvalue weighted by molar-refractivity contribution is 5.98. The fourth-order valence-corrected chi connectivity index (χ4v) is 1.40. The van der Waals surface area contributed by atoms with Crippen LogP contribution in [-0.2, 0) is 4.84 Å². The number of rotatable bonds is 5. The molecule has 0 amide bonds. The topological polar surface area (TPSA) is 21.6 Å². The van der Waals surface area contributed by atoms with Gasteiger partial charge in [-0.15, -0.1) is 0 Å². The van der Waals surface area contributed by atoms with Crippen LogP contribution in [0.4, 0.5) is 0 Å². The van der Waals surface area contributed by atoms with Gasteiger partial charge in [0.1, 0.15) is 6.61 Å². The molecule has 0 saturated carbocycles. The largest absolute Gasteiger partial charge is 0.396 e. The van der Waals surface area contributed by atoms with E-state index in [1.807, 2.05) is 6.92 Å². The fraction of sp³-hybridized carbons (Fsp3) is 0.500. The Morgan fingerprint density at radius 2 is 1.88 bits per heavy atom. The lowest BCUT2D eigenvalue weighted by Crippen LogP contribution is -1.98. The van der Waals surface area contributed by atoms with Crippen molar-refractivity contribution >= 4 is 5.71 Å². The summed E-state index contributed by atoms with van der Waals surface area (Å²) in [6.45, 7) is 9.12. The van der Waals surface area contributed by atoms with Gasteiger partial charge in [-0.2, -0.15) is 0 Å². The van der Waals surface area contributed by atoms with E-state index < -0.39 is 0 Å². The third kappa shape index (κ3) is 3.69. The van der Waals surface area contributed by atoms with Crippen molar-refractivity contribution in [2.24, 2.45) is 5.16 Å². The molecule has 0 aromatic heterocycles. The molecule has 88 valence electrons. The molecule has 0 saturated heterocycles. The zero-order valence-corrected chi connectivity index (χ0v) is 10.7. The van der Waals surface area contributed by atoms with Crippen LogP contribution in [0.2, 0.25) is 0 Å². The van der Waals surface area contributed by atoms with Gasteiger partial charge in [-0.05, 0) is 30.4 Å². The first-order chi connectivity index (χ1) is 7.65. The predicted molar refractivity (Wildman–Crippen MR) is 69.0 cm³/mol. The number of nitrogens with zero attached hydrogens (tertiary/aromatic N) is 1. The van der Waals surface area contributed by atoms with Gasteiger partial charge in [0.05, 0.1) is 5.71 Å². The van der Waals surface area contributed by atoms with Crippen LogP contribution >= 0.6 is 0 Å². The molecule has 2 nitrogen and oxygen atoms in total. The minimum absolute atomic E-state index is 0.572. The summed E-state index contributed by atoms with van der Waals surface area (Å²) >= 11 is 0. The zero-order valence-electron chi connectivity index (χ0n) is 10.7. The Hall–Kier alpha value is -1.31. The monoisotopic (exact) mass is 219 g/mol. The Balaban J connectivity index is 2.69. The molecule has 16 heavy (non-hydrogen) atoms. The van der Waals surface area contributed by atoms with E-state index in [1.54, 1.807) is 0 Å². The van der Waals surface area contributed by atoms with E-state index in [1.165, 1.54) is 5.56 Å². The van der Waals surface area contributed by atoms with Crippen molar-refractivity contribution < 1.29 is 4.84 Å². The van der Waals surface area contributed by atoms with E-state index in [0.717, 1.165) is 17.7 Å². The van der Waals surface area contributed by atoms with Crippen LogP contribution in [0.25, 0.3) is 0 Å². The molecular formula is C14H21NO. The lowest BCUT2D eigenvalue weighted by Gasteiger charge is -2.06. The van der Waals surface area contributed by atoms with Crippen molar-refractivity contribution in [2.75, 3.05) is 6.61 Å². The van der Waals surface area contributed by atoms with Crippen molar-refractivity contribution in [3.05, 3.63) is 35.4 Å². The maximum absolute atomic E-state index is 5.16. The smallest absolute Gasteiger partial charge is 0.116 e. The molecule has 1 aromatic rings. The SMILES string of the molecule is CCCO/N=C(\C)c1ccc(C(C)C)cc1. The Morgan fingerprint density at radius 1 is 1.25 bits per heavy atom. The molecule has 0 atom stereocenters. The van der Waals surface area contributed by atoms with Crippen LogP contribution < -0.4 is 0 Å². The fourth-order valence-electron chi connectivity index (χ4n) is 1.40. The minimum atomic E-state index is 0.572. The summed E-state index contributed by atoms with van der Waals surface area (Å²) in [6, 6.07) is 8.50. The van der Waals surface area contributed by atoms with Crippen LogP contribution in [0.3, 0.4) is 0 Å². The normalized spacial score (nSPS) is 11.9. The van der Waals surface area contributed by atoms with Crippen molar-refractivity contribution in [3.8, 4) is 0 Å². The van der Waals surface area contributed by atoms with Gasteiger partial charge in [0, 0.05) is 0 Å². The summed E-state index contributed by atoms with van der Waals surface area (Å²) in [4.78, 5) is 5.16. The molecule has 1 rings (SSSR count). The number of hydrogen-bond donors (Lipinski definition) is 0. The molecule has 2 heteroatoms. The second-order valence-electron chi connectivity index (χ2n) is 4.29. The van der Waals surface area contributed by atoms with Gasteiger partial charge < -0.3 is 4.84 Å². The third-order valence-corrected chi connectivity index (χ3v) is 2.49. The van der Waals surface area contributed by atoms with E-state index in [2.05, 4.69) is 50.2 Å². The molecular weight excluding hydrogens is 198 g/mol. The van der Waals surface area contributed by atoms with Crippen molar-refractivity contribution in [2.45, 2.75) is 40.0 Å². The quantitative estimate of drug-likeness (QED) is 0.417. The van der Waals surface area contributed by atoms with Gasteiger partial charge >= 0.3 is 0 Å². The summed E-state index contributed by atoms with van der Waals surface area (Å²) in [5.41, 5.74) is 3.41. The third-order valence-electron chi connectivity index (χ3n) is 2.49. The Kier molecular flexibility index (Phi) is 5.03. The molecule has 0 heterocycles. The first kappa shape index (κ1) is 12.8. The van der Waals surface area contributed by atoms with Gasteiger partial charge in [0.15, 0.2) is 0 Å². The Bertz CT molecular complexity index is 338. The molecule has 1 aromatic carbocycles. The number of hydrogen-bond acceptors (Lipinski definition) is 2. The second kappa shape index (κ2) is 6.31. The van der Waals surface area contributed by atoms with Gasteiger partial charge in [0.2, 0.25) is 0 Å². The zero-order chi connectivity index (χ0) is 12.0. The summed E-state index contributed by atoms with van der Waals surface area (Å²) in [5.74, 6) is 0.572. The maximum Gasteiger partial charge on any atom is 0.116 e. The summed E-state index contributed by atoms with van der Waals surface area (Å²) in [7, 11) is 0. The van der Waals surface area contributed by atoms with Gasteiger partial charge in [-0.3, -0.25) is 0 Å². The van der Waals surface area contributed by atoms with Crippen LogP contribution in [0.1, 0.15) is 51.2 Å². The van der Waals surface area contributed by atoms with E-state index in [9.17, 15) is 0 Å². The maximum atomic E-state index is 5.16. The summed E-state index contributed by atoms with van der Waals surface area (Å²) < 4.78 is 0. The minimum Gasteiger partial charge on any atom is -0.396 e. The van der Waals surface area contributed by atoms with Gasteiger partial charge in [0.25, 0.3) is 0 Å². The molecule has 0 aliphatic heterocycles. The first-order valence-electron chi connectivity index (χ1n) is 5.92. The lowest BCUT2D eigenvalue weighted by molar-refractivity contribution is 0.145. The standard InChI is InChI=1S/C14H21NO/c1-5-10-16-15-12(4)14-8-6-13(7-9-14)11(2)3/h6-9,11H,5,10H2,1-4H3/b15-12+. The molecule has 0 N–H and O–H groups in total. The molecule has 0 fully saturated rings. The van der Waals surface area contributed by atoms with Gasteiger partial charge in [-0.25, -0.2) is 0 Å². The number of benzene rings is 1. The predicted octanol–water partition coefficient (Wildman–Crippen LogP) is 3.96. The van der Waals surface area contributed by atoms with Crippen LogP contribution in [0.15, 0.2) is 29.4 Å². The molecule has 0 unspecified atom stereocenters. The molecule has 0 radical (unpaired) electrons. The second-order valence-corrected chi connectivity index (χ2v) is 4.29. The molecule has 0 bridgehead atoms. The molecule has 0 spiro atoms. The van der Waals surface area contributed by atoms with Crippen molar-refractivity contribution in [1.82, 2.24) is 0 Å². The van der Waals surface area contributed by atoms with Gasteiger partial charge in [-0.1, -0.05) is 50.2 Å². The number of oxime groups is 1. The Morgan fingerprint density at radius 3 is 2.38 bits per heavy atom. The highest BCUT2D eigenvalue weighted by Gasteiger charge is 2.01. The first-order valence-corrected chi connectivity index (χ1v) is 5.92. The van der Waals surface area contributed by atoms with E-state index in [-0.39, 0.29) is 0 Å². The van der Waals surface area contributed by atoms with E-state index in [4.69, 9.17) is 4.84 Å². The van der Waals surface area contributed by atoms with Crippen LogP contribution in [0, 0.1) is 0 Å². The lowest BCUT2D eigenvalue weighted by atomic mass is 10.0. The molecule has 0 aliphatic rings. The molecule has 0 aliphatic carbocycles. The van der Waals surface area contributed by atoms with Crippen LogP contribution in [-0.4, -0.2) is 12.3 Å². The van der Waals surface area contributed by atoms with E-state index in [0.29, 0.717) is 12.5 Å². The average Bonchev–Trinajstić information content (AvgIpc) is 2.29. The van der Waals surface area contributed by atoms with Crippen molar-refractivity contribution in [3.63, 3.8) is 0 Å².